The summed E-state index contributed by atoms with van der Waals surface area (Å²) in [5, 5.41) is 3.54. The van der Waals surface area contributed by atoms with Gasteiger partial charge in [0.25, 0.3) is 5.91 Å². The molecule has 2 aromatic rings. The van der Waals surface area contributed by atoms with Crippen molar-refractivity contribution >= 4 is 16.8 Å². The molecule has 0 radical (unpaired) electrons. The first-order valence-electron chi connectivity index (χ1n) is 5.97. The van der Waals surface area contributed by atoms with Crippen molar-refractivity contribution in [1.82, 2.24) is 10.3 Å². The Balaban J connectivity index is 2.30. The summed E-state index contributed by atoms with van der Waals surface area (Å²) in [6.45, 7) is 3.94. The smallest absolute Gasteiger partial charge is 0.270 e. The van der Waals surface area contributed by atoms with E-state index in [9.17, 15) is 9.18 Å². The van der Waals surface area contributed by atoms with E-state index in [2.05, 4.69) is 10.3 Å². The highest BCUT2D eigenvalue weighted by Gasteiger charge is 2.10. The van der Waals surface area contributed by atoms with Gasteiger partial charge >= 0.3 is 0 Å². The average molecular weight is 246 g/mol. The maximum absolute atomic E-state index is 13.0. The van der Waals surface area contributed by atoms with Crippen LogP contribution in [-0.2, 0) is 0 Å². The number of carbonyl (C=O) groups is 1. The molecule has 1 unspecified atom stereocenters. The van der Waals surface area contributed by atoms with Crippen LogP contribution in [-0.4, -0.2) is 16.9 Å². The zero-order valence-electron chi connectivity index (χ0n) is 10.4. The number of hydrogen-bond acceptors (Lipinski definition) is 2. The standard InChI is InChI=1S/C14H15FN2O/c1-3-9(2)16-14(18)13-6-4-10-8-11(15)5-7-12(10)17-13/h4-9H,3H2,1-2H3,(H,16,18). The molecule has 18 heavy (non-hydrogen) atoms. The van der Waals surface area contributed by atoms with Crippen LogP contribution in [0.4, 0.5) is 4.39 Å². The van der Waals surface area contributed by atoms with Crippen LogP contribution in [0.25, 0.3) is 10.9 Å². The Morgan fingerprint density at radius 1 is 1.39 bits per heavy atom. The van der Waals surface area contributed by atoms with Gasteiger partial charge in [-0.2, -0.15) is 0 Å². The fourth-order valence-corrected chi connectivity index (χ4v) is 1.62. The molecule has 3 nitrogen and oxygen atoms in total. The summed E-state index contributed by atoms with van der Waals surface area (Å²) in [5.74, 6) is -0.503. The second kappa shape index (κ2) is 5.12. The monoisotopic (exact) mass is 246 g/mol. The van der Waals surface area contributed by atoms with Crippen LogP contribution in [0.2, 0.25) is 0 Å². The summed E-state index contributed by atoms with van der Waals surface area (Å²) in [6.07, 6.45) is 0.866. The van der Waals surface area contributed by atoms with Gasteiger partial charge in [0.1, 0.15) is 11.5 Å². The molecule has 1 heterocycles. The van der Waals surface area contributed by atoms with Crippen LogP contribution in [0.15, 0.2) is 30.3 Å². The molecule has 1 amide bonds. The van der Waals surface area contributed by atoms with Gasteiger partial charge < -0.3 is 5.32 Å². The molecule has 1 aromatic carbocycles. The van der Waals surface area contributed by atoms with Gasteiger partial charge in [-0.05, 0) is 37.6 Å². The quantitative estimate of drug-likeness (QED) is 0.904. The van der Waals surface area contributed by atoms with Crippen LogP contribution >= 0.6 is 0 Å². The Labute approximate surface area is 105 Å². The number of carbonyl (C=O) groups excluding carboxylic acids is 1. The Kier molecular flexibility index (Phi) is 3.55. The molecule has 94 valence electrons. The number of fused-ring (bicyclic) bond motifs is 1. The Bertz CT molecular complexity index is 583. The first kappa shape index (κ1) is 12.5. The van der Waals surface area contributed by atoms with Gasteiger partial charge in [-0.25, -0.2) is 9.37 Å². The fourth-order valence-electron chi connectivity index (χ4n) is 1.62. The van der Waals surface area contributed by atoms with Gasteiger partial charge in [-0.1, -0.05) is 13.0 Å². The molecule has 4 heteroatoms. The van der Waals surface area contributed by atoms with Crippen molar-refractivity contribution in [2.45, 2.75) is 26.3 Å². The third-order valence-corrected chi connectivity index (χ3v) is 2.87. The summed E-state index contributed by atoms with van der Waals surface area (Å²) in [5.41, 5.74) is 0.975. The summed E-state index contributed by atoms with van der Waals surface area (Å²) >= 11 is 0. The van der Waals surface area contributed by atoms with E-state index in [4.69, 9.17) is 0 Å². The van der Waals surface area contributed by atoms with Crippen molar-refractivity contribution in [3.8, 4) is 0 Å². The van der Waals surface area contributed by atoms with Gasteiger partial charge in [-0.3, -0.25) is 4.79 Å². The minimum atomic E-state index is -0.305. The topological polar surface area (TPSA) is 42.0 Å². The van der Waals surface area contributed by atoms with E-state index in [-0.39, 0.29) is 17.8 Å². The van der Waals surface area contributed by atoms with Crippen LogP contribution in [0, 0.1) is 5.82 Å². The molecular weight excluding hydrogens is 231 g/mol. The number of nitrogens with zero attached hydrogens (tertiary/aromatic N) is 1. The highest BCUT2D eigenvalue weighted by Crippen LogP contribution is 2.14. The van der Waals surface area contributed by atoms with Crippen molar-refractivity contribution < 1.29 is 9.18 Å². The molecule has 0 bridgehead atoms. The predicted octanol–water partition coefficient (Wildman–Crippen LogP) is 2.90. The average Bonchev–Trinajstić information content (AvgIpc) is 2.37. The third kappa shape index (κ3) is 2.64. The zero-order valence-corrected chi connectivity index (χ0v) is 10.4. The van der Waals surface area contributed by atoms with Gasteiger partial charge in [0.2, 0.25) is 0 Å². The maximum Gasteiger partial charge on any atom is 0.270 e. The lowest BCUT2D eigenvalue weighted by molar-refractivity contribution is 0.0934. The second-order valence-corrected chi connectivity index (χ2v) is 4.32. The summed E-state index contributed by atoms with van der Waals surface area (Å²) in [6, 6.07) is 7.74. The lowest BCUT2D eigenvalue weighted by atomic mass is 10.2. The van der Waals surface area contributed by atoms with E-state index >= 15 is 0 Å². The predicted molar refractivity (Wildman–Crippen MR) is 68.9 cm³/mol. The van der Waals surface area contributed by atoms with Crippen LogP contribution in [0.3, 0.4) is 0 Å². The number of halogens is 1. The fraction of sp³-hybridized carbons (Fsp3) is 0.286. The number of rotatable bonds is 3. The minimum absolute atomic E-state index is 0.114. The number of nitrogens with one attached hydrogen (secondary N) is 1. The van der Waals surface area contributed by atoms with Gasteiger partial charge in [0.15, 0.2) is 0 Å². The van der Waals surface area contributed by atoms with Crippen LogP contribution in [0.1, 0.15) is 30.8 Å². The summed E-state index contributed by atoms with van der Waals surface area (Å²) in [4.78, 5) is 16.1. The van der Waals surface area contributed by atoms with Crippen molar-refractivity contribution in [2.75, 3.05) is 0 Å². The molecule has 2 rings (SSSR count). The van der Waals surface area contributed by atoms with E-state index in [0.717, 1.165) is 6.42 Å². The molecule has 1 N–H and O–H groups in total. The molecule has 0 aliphatic carbocycles. The van der Waals surface area contributed by atoms with E-state index in [1.807, 2.05) is 13.8 Å². The van der Waals surface area contributed by atoms with Gasteiger partial charge in [0.05, 0.1) is 5.52 Å². The number of benzene rings is 1. The lowest BCUT2D eigenvalue weighted by Crippen LogP contribution is -2.32. The van der Waals surface area contributed by atoms with Gasteiger partial charge in [-0.15, -0.1) is 0 Å². The molecule has 0 fully saturated rings. The highest BCUT2D eigenvalue weighted by atomic mass is 19.1. The van der Waals surface area contributed by atoms with Crippen molar-refractivity contribution in [1.29, 1.82) is 0 Å². The molecule has 1 aromatic heterocycles. The van der Waals surface area contributed by atoms with Crippen molar-refractivity contribution in [3.63, 3.8) is 0 Å². The van der Waals surface area contributed by atoms with E-state index in [1.165, 1.54) is 12.1 Å². The molecule has 0 aliphatic rings. The molecule has 0 saturated heterocycles. The SMILES string of the molecule is CCC(C)NC(=O)c1ccc2cc(F)ccc2n1. The minimum Gasteiger partial charge on any atom is -0.348 e. The molecular formula is C14H15FN2O. The largest absolute Gasteiger partial charge is 0.348 e. The first-order chi connectivity index (χ1) is 8.60. The van der Waals surface area contributed by atoms with Crippen molar-refractivity contribution in [3.05, 3.63) is 41.8 Å². The normalized spacial score (nSPS) is 12.4. The summed E-state index contributed by atoms with van der Waals surface area (Å²) in [7, 11) is 0. The van der Waals surface area contributed by atoms with Crippen LogP contribution in [0.5, 0.6) is 0 Å². The third-order valence-electron chi connectivity index (χ3n) is 2.87. The van der Waals surface area contributed by atoms with Crippen molar-refractivity contribution in [2.24, 2.45) is 0 Å². The molecule has 0 spiro atoms. The van der Waals surface area contributed by atoms with E-state index in [0.29, 0.717) is 16.6 Å². The van der Waals surface area contributed by atoms with Crippen LogP contribution < -0.4 is 5.32 Å². The number of amides is 1. The van der Waals surface area contributed by atoms with E-state index < -0.39 is 0 Å². The molecule has 0 saturated carbocycles. The molecule has 0 aliphatic heterocycles. The summed E-state index contributed by atoms with van der Waals surface area (Å²) < 4.78 is 13.0. The lowest BCUT2D eigenvalue weighted by Gasteiger charge is -2.11. The first-order valence-corrected chi connectivity index (χ1v) is 5.97. The highest BCUT2D eigenvalue weighted by molar-refractivity contribution is 5.95. The Morgan fingerprint density at radius 3 is 2.89 bits per heavy atom. The number of aromatic nitrogens is 1. The van der Waals surface area contributed by atoms with E-state index in [1.54, 1.807) is 18.2 Å². The Hall–Kier alpha value is -1.97. The maximum atomic E-state index is 13.0. The number of hydrogen-bond donors (Lipinski definition) is 1. The zero-order chi connectivity index (χ0) is 13.1. The molecule has 1 atom stereocenters. The number of pyridine rings is 1. The Morgan fingerprint density at radius 2 is 2.17 bits per heavy atom. The second-order valence-electron chi connectivity index (χ2n) is 4.32. The van der Waals surface area contributed by atoms with Gasteiger partial charge in [0, 0.05) is 11.4 Å².